The zero-order chi connectivity index (χ0) is 20.7. The first kappa shape index (κ1) is 19.5. The van der Waals surface area contributed by atoms with E-state index >= 15 is 0 Å². The summed E-state index contributed by atoms with van der Waals surface area (Å²) in [7, 11) is 0. The second-order valence-corrected chi connectivity index (χ2v) is 8.16. The molecule has 1 aliphatic rings. The van der Waals surface area contributed by atoms with Gasteiger partial charge in [0.05, 0.1) is 23.5 Å². The molecule has 5 nitrogen and oxygen atoms in total. The van der Waals surface area contributed by atoms with Gasteiger partial charge in [0.1, 0.15) is 5.75 Å². The van der Waals surface area contributed by atoms with Gasteiger partial charge in [-0.15, -0.1) is 0 Å². The minimum atomic E-state index is -0.0376. The number of hydrogen-bond acceptors (Lipinski definition) is 3. The molecule has 4 rings (SSSR count). The molecule has 1 saturated heterocycles. The molecular formula is C23H26N4OS. The van der Waals surface area contributed by atoms with Crippen LogP contribution in [-0.2, 0) is 0 Å². The van der Waals surface area contributed by atoms with E-state index < -0.39 is 0 Å². The Morgan fingerprint density at radius 2 is 1.83 bits per heavy atom. The van der Waals surface area contributed by atoms with Crippen LogP contribution in [0.2, 0.25) is 0 Å². The van der Waals surface area contributed by atoms with Crippen molar-refractivity contribution < 1.29 is 5.11 Å². The molecule has 0 aliphatic carbocycles. The van der Waals surface area contributed by atoms with Crippen LogP contribution in [0.25, 0.3) is 5.69 Å². The van der Waals surface area contributed by atoms with E-state index in [1.807, 2.05) is 42.6 Å². The van der Waals surface area contributed by atoms with E-state index in [2.05, 4.69) is 53.5 Å². The number of rotatable bonds is 4. The zero-order valence-electron chi connectivity index (χ0n) is 17.1. The maximum absolute atomic E-state index is 10.4. The Balaban J connectivity index is 1.88. The van der Waals surface area contributed by atoms with E-state index in [1.165, 1.54) is 5.56 Å². The highest BCUT2D eigenvalue weighted by atomic mass is 32.1. The zero-order valence-corrected chi connectivity index (χ0v) is 17.9. The van der Waals surface area contributed by atoms with Crippen molar-refractivity contribution in [3.05, 3.63) is 77.4 Å². The van der Waals surface area contributed by atoms with Gasteiger partial charge in [-0.1, -0.05) is 18.2 Å². The summed E-state index contributed by atoms with van der Waals surface area (Å²) in [6.45, 7) is 8.48. The average Bonchev–Trinajstić information content (AvgIpc) is 3.19. The highest BCUT2D eigenvalue weighted by Crippen LogP contribution is 2.42. The largest absolute Gasteiger partial charge is 0.506 e. The van der Waals surface area contributed by atoms with Crippen molar-refractivity contribution in [1.29, 1.82) is 0 Å². The molecule has 1 fully saturated rings. The Kier molecular flexibility index (Phi) is 5.04. The molecule has 150 valence electrons. The van der Waals surface area contributed by atoms with Gasteiger partial charge in [-0.25, -0.2) is 0 Å². The number of pyridine rings is 1. The summed E-state index contributed by atoms with van der Waals surface area (Å²) in [4.78, 5) is 6.86. The summed E-state index contributed by atoms with van der Waals surface area (Å²) in [5, 5.41) is 14.7. The predicted octanol–water partition coefficient (Wildman–Crippen LogP) is 4.58. The summed E-state index contributed by atoms with van der Waals surface area (Å²) in [5.41, 5.74) is 5.10. The van der Waals surface area contributed by atoms with Crippen molar-refractivity contribution in [2.24, 2.45) is 0 Å². The van der Waals surface area contributed by atoms with Gasteiger partial charge in [0.2, 0.25) is 0 Å². The van der Waals surface area contributed by atoms with Crippen LogP contribution in [0.15, 0.2) is 54.7 Å². The molecule has 29 heavy (non-hydrogen) atoms. The fourth-order valence-corrected chi connectivity index (χ4v) is 4.82. The van der Waals surface area contributed by atoms with E-state index in [0.29, 0.717) is 0 Å². The lowest BCUT2D eigenvalue weighted by Crippen LogP contribution is -2.35. The van der Waals surface area contributed by atoms with Gasteiger partial charge in [-0.05, 0) is 75.8 Å². The van der Waals surface area contributed by atoms with Crippen molar-refractivity contribution in [2.75, 3.05) is 0 Å². The average molecular weight is 407 g/mol. The van der Waals surface area contributed by atoms with Crippen molar-refractivity contribution >= 4 is 17.3 Å². The van der Waals surface area contributed by atoms with Crippen LogP contribution in [0.3, 0.4) is 0 Å². The van der Waals surface area contributed by atoms with Gasteiger partial charge in [0.15, 0.2) is 5.11 Å². The molecule has 6 heteroatoms. The standard InChI is InChI=1S/C23H26N4OS/c1-14(2)26-22(21(25-23(26)29)18-9-7-8-12-24-18)17-13-15(3)27(16(17)4)19-10-5-6-11-20(19)28/h5-14,21-22,28H,1-4H3,(H,25,29)/t21-,22-/m1/s1. The van der Waals surface area contributed by atoms with Gasteiger partial charge in [0, 0.05) is 23.6 Å². The van der Waals surface area contributed by atoms with Gasteiger partial charge in [-0.3, -0.25) is 4.98 Å². The Morgan fingerprint density at radius 1 is 1.10 bits per heavy atom. The second kappa shape index (κ2) is 7.52. The van der Waals surface area contributed by atoms with Crippen LogP contribution < -0.4 is 5.32 Å². The molecule has 1 aliphatic heterocycles. The number of benzene rings is 1. The Labute approximate surface area is 177 Å². The highest BCUT2D eigenvalue weighted by molar-refractivity contribution is 7.80. The molecule has 3 heterocycles. The summed E-state index contributed by atoms with van der Waals surface area (Å²) in [6.07, 6.45) is 1.82. The third kappa shape index (κ3) is 3.27. The lowest BCUT2D eigenvalue weighted by atomic mass is 9.96. The van der Waals surface area contributed by atoms with Gasteiger partial charge < -0.3 is 19.9 Å². The number of aromatic nitrogens is 2. The van der Waals surface area contributed by atoms with E-state index in [1.54, 1.807) is 6.07 Å². The van der Waals surface area contributed by atoms with Crippen LogP contribution in [-0.4, -0.2) is 30.7 Å². The molecule has 2 N–H and O–H groups in total. The molecule has 0 radical (unpaired) electrons. The van der Waals surface area contributed by atoms with Crippen LogP contribution in [0.5, 0.6) is 5.75 Å². The van der Waals surface area contributed by atoms with Gasteiger partial charge >= 0.3 is 0 Å². The van der Waals surface area contributed by atoms with E-state index in [9.17, 15) is 5.11 Å². The first-order valence-electron chi connectivity index (χ1n) is 9.87. The molecule has 2 atom stereocenters. The summed E-state index contributed by atoms with van der Waals surface area (Å²) >= 11 is 5.71. The Bertz CT molecular complexity index is 1040. The number of aromatic hydroxyl groups is 1. The summed E-state index contributed by atoms with van der Waals surface area (Å²) in [6, 6.07) is 15.8. The fraction of sp³-hybridized carbons (Fsp3) is 0.304. The quantitative estimate of drug-likeness (QED) is 0.622. The normalized spacial score (nSPS) is 19.1. The number of hydrogen-bond donors (Lipinski definition) is 2. The monoisotopic (exact) mass is 406 g/mol. The number of nitrogens with zero attached hydrogens (tertiary/aromatic N) is 3. The molecular weight excluding hydrogens is 380 g/mol. The Morgan fingerprint density at radius 3 is 2.48 bits per heavy atom. The SMILES string of the molecule is Cc1cc([C@@H]2[C@@H](c3ccccn3)NC(=S)N2C(C)C)c(C)n1-c1ccccc1O. The fourth-order valence-electron chi connectivity index (χ4n) is 4.37. The first-order chi connectivity index (χ1) is 13.9. The molecule has 0 saturated carbocycles. The number of phenolic OH excluding ortho intramolecular Hbond substituents is 1. The van der Waals surface area contributed by atoms with Crippen LogP contribution >= 0.6 is 12.2 Å². The molecule has 0 bridgehead atoms. The van der Waals surface area contributed by atoms with Crippen molar-refractivity contribution in [2.45, 2.75) is 45.8 Å². The second-order valence-electron chi connectivity index (χ2n) is 7.78. The first-order valence-corrected chi connectivity index (χ1v) is 10.3. The molecule has 0 spiro atoms. The van der Waals surface area contributed by atoms with Crippen LogP contribution in [0.4, 0.5) is 0 Å². The molecule has 3 aromatic rings. The minimum absolute atomic E-state index is 0.0169. The van der Waals surface area contributed by atoms with E-state index in [4.69, 9.17) is 12.2 Å². The summed E-state index contributed by atoms with van der Waals surface area (Å²) < 4.78 is 2.11. The third-order valence-corrected chi connectivity index (χ3v) is 5.93. The molecule has 0 amide bonds. The smallest absolute Gasteiger partial charge is 0.170 e. The topological polar surface area (TPSA) is 53.3 Å². The Hall–Kier alpha value is -2.86. The van der Waals surface area contributed by atoms with Gasteiger partial charge in [0.25, 0.3) is 0 Å². The lowest BCUT2D eigenvalue weighted by molar-refractivity contribution is 0.269. The molecule has 2 aromatic heterocycles. The molecule has 0 unspecified atom stereocenters. The third-order valence-electron chi connectivity index (χ3n) is 5.60. The summed E-state index contributed by atoms with van der Waals surface area (Å²) in [5.74, 6) is 0.267. The number of para-hydroxylation sites is 2. The van der Waals surface area contributed by atoms with Crippen LogP contribution in [0, 0.1) is 13.8 Å². The van der Waals surface area contributed by atoms with E-state index in [0.717, 1.165) is 27.9 Å². The number of thiocarbonyl (C=S) groups is 1. The number of phenols is 1. The van der Waals surface area contributed by atoms with Crippen LogP contribution in [0.1, 0.15) is 48.6 Å². The highest BCUT2D eigenvalue weighted by Gasteiger charge is 2.42. The minimum Gasteiger partial charge on any atom is -0.506 e. The van der Waals surface area contributed by atoms with Gasteiger partial charge in [-0.2, -0.15) is 0 Å². The molecule has 1 aromatic carbocycles. The van der Waals surface area contributed by atoms with Crippen molar-refractivity contribution in [3.63, 3.8) is 0 Å². The predicted molar refractivity (Wildman–Crippen MR) is 119 cm³/mol. The van der Waals surface area contributed by atoms with E-state index in [-0.39, 0.29) is 23.9 Å². The van der Waals surface area contributed by atoms with Crippen molar-refractivity contribution in [3.8, 4) is 11.4 Å². The lowest BCUT2D eigenvalue weighted by Gasteiger charge is -2.31. The number of nitrogens with one attached hydrogen (secondary N) is 1. The van der Waals surface area contributed by atoms with Crippen molar-refractivity contribution in [1.82, 2.24) is 19.8 Å². The maximum atomic E-state index is 10.4. The maximum Gasteiger partial charge on any atom is 0.170 e. The number of aryl methyl sites for hydroxylation is 1.